The van der Waals surface area contributed by atoms with Gasteiger partial charge in [-0.3, -0.25) is 9.59 Å². The molecule has 522 valence electrons. The maximum atomic E-state index is 12.5. The first-order chi connectivity index (χ1) is 43.5. The minimum Gasteiger partial charge on any atom is -0.466 e. The molecule has 0 rings (SSSR count). The van der Waals surface area contributed by atoms with E-state index >= 15 is 0 Å². The summed E-state index contributed by atoms with van der Waals surface area (Å²) < 4.78 is 5.48. The minimum atomic E-state index is -0.841. The molecule has 6 heteroatoms. The number of allylic oxidation sites excluding steroid dienone is 3. The summed E-state index contributed by atoms with van der Waals surface area (Å²) in [7, 11) is 0. The second kappa shape index (κ2) is 77.8. The maximum absolute atomic E-state index is 12.5. The van der Waals surface area contributed by atoms with Crippen LogP contribution in [0.15, 0.2) is 24.3 Å². The van der Waals surface area contributed by atoms with Crippen LogP contribution in [0.5, 0.6) is 0 Å². The van der Waals surface area contributed by atoms with Crippen LogP contribution in [0.3, 0.4) is 0 Å². The summed E-state index contributed by atoms with van der Waals surface area (Å²) in [6, 6.07) is -0.624. The largest absolute Gasteiger partial charge is 0.466 e. The van der Waals surface area contributed by atoms with E-state index in [0.29, 0.717) is 19.4 Å². The summed E-state index contributed by atoms with van der Waals surface area (Å²) in [6.45, 7) is 4.93. The molecule has 6 nitrogen and oxygen atoms in total. The van der Waals surface area contributed by atoms with Crippen LogP contribution in [0.25, 0.3) is 0 Å². The van der Waals surface area contributed by atoms with Gasteiger partial charge < -0.3 is 20.3 Å². The molecule has 0 fully saturated rings. The highest BCUT2D eigenvalue weighted by Crippen LogP contribution is 2.20. The van der Waals surface area contributed by atoms with Crippen LogP contribution < -0.4 is 5.32 Å². The monoisotopic (exact) mass is 1240 g/mol. The highest BCUT2D eigenvalue weighted by Gasteiger charge is 2.18. The molecule has 0 aromatic carbocycles. The molecule has 0 saturated carbocycles. The number of carbonyl (C=O) groups excluding carboxylic acids is 2. The van der Waals surface area contributed by atoms with E-state index < -0.39 is 12.1 Å². The van der Waals surface area contributed by atoms with Gasteiger partial charge in [-0.1, -0.05) is 417 Å². The molecule has 2 unspecified atom stereocenters. The number of unbranched alkanes of at least 4 members (excludes halogenated alkanes) is 64. The summed E-state index contributed by atoms with van der Waals surface area (Å²) in [5.41, 5.74) is 0. The highest BCUT2D eigenvalue weighted by molar-refractivity contribution is 5.76. The molecule has 0 aliphatic rings. The fourth-order valence-corrected chi connectivity index (χ4v) is 13.0. The Labute approximate surface area is 551 Å². The van der Waals surface area contributed by atoms with Gasteiger partial charge in [0.15, 0.2) is 0 Å². The molecule has 0 aliphatic carbocycles. The third-order valence-electron chi connectivity index (χ3n) is 19.2. The average Bonchev–Trinajstić information content (AvgIpc) is 3.55. The summed E-state index contributed by atoms with van der Waals surface area (Å²) in [6.07, 6.45) is 100. The first-order valence-electron chi connectivity index (χ1n) is 40.6. The number of hydrogen-bond donors (Lipinski definition) is 3. The highest BCUT2D eigenvalue weighted by atomic mass is 16.5. The Morgan fingerprint density at radius 2 is 0.534 bits per heavy atom. The fourth-order valence-electron chi connectivity index (χ4n) is 13.0. The SMILES string of the molecule is CCCCC/C=C\CCCCCCCC(=O)OCCCCCCCCCCCCCCCCCCCCCCCCCCCCCCCCCCCCCCCCCC(=O)NC(CO)C(O)/C=C/CCCCCCCCCCCCCCCCCCCC. The number of rotatable bonds is 77. The van der Waals surface area contributed by atoms with E-state index in [9.17, 15) is 19.8 Å². The number of aliphatic hydroxyl groups is 2. The Bertz CT molecular complexity index is 1380. The van der Waals surface area contributed by atoms with Crippen molar-refractivity contribution in [3.63, 3.8) is 0 Å². The zero-order valence-electron chi connectivity index (χ0n) is 60.0. The molecular weight excluding hydrogens is 1080 g/mol. The lowest BCUT2D eigenvalue weighted by Crippen LogP contribution is -2.45. The summed E-state index contributed by atoms with van der Waals surface area (Å²) in [4.78, 5) is 24.6. The van der Waals surface area contributed by atoms with Gasteiger partial charge in [-0.2, -0.15) is 0 Å². The lowest BCUT2D eigenvalue weighted by molar-refractivity contribution is -0.143. The molecule has 88 heavy (non-hydrogen) atoms. The van der Waals surface area contributed by atoms with Crippen molar-refractivity contribution in [3.05, 3.63) is 24.3 Å². The van der Waals surface area contributed by atoms with Crippen LogP contribution in [-0.4, -0.2) is 47.4 Å². The van der Waals surface area contributed by atoms with E-state index in [-0.39, 0.29) is 18.5 Å². The number of esters is 1. The molecule has 0 spiro atoms. The number of aliphatic hydroxyl groups excluding tert-OH is 2. The number of amides is 1. The first kappa shape index (κ1) is 86.3. The quantitative estimate of drug-likeness (QED) is 0.0320. The Balaban J connectivity index is 3.31. The van der Waals surface area contributed by atoms with Crippen molar-refractivity contribution in [2.24, 2.45) is 0 Å². The van der Waals surface area contributed by atoms with Crippen molar-refractivity contribution in [1.82, 2.24) is 5.32 Å². The van der Waals surface area contributed by atoms with Gasteiger partial charge >= 0.3 is 5.97 Å². The van der Waals surface area contributed by atoms with E-state index in [1.54, 1.807) is 6.08 Å². The van der Waals surface area contributed by atoms with E-state index in [4.69, 9.17) is 4.74 Å². The lowest BCUT2D eigenvalue weighted by atomic mass is 10.0. The van der Waals surface area contributed by atoms with Crippen molar-refractivity contribution in [3.8, 4) is 0 Å². The van der Waals surface area contributed by atoms with Crippen molar-refractivity contribution < 1.29 is 24.5 Å². The molecule has 0 heterocycles. The van der Waals surface area contributed by atoms with Crippen LogP contribution in [0, 0.1) is 0 Å². The molecule has 2 atom stereocenters. The van der Waals surface area contributed by atoms with E-state index in [1.807, 2.05) is 6.08 Å². The topological polar surface area (TPSA) is 95.9 Å². The fraction of sp³-hybridized carbons (Fsp3) is 0.927. The van der Waals surface area contributed by atoms with E-state index in [2.05, 4.69) is 31.3 Å². The molecule has 0 aromatic rings. The maximum Gasteiger partial charge on any atom is 0.305 e. The van der Waals surface area contributed by atoms with Crippen LogP contribution in [-0.2, 0) is 14.3 Å². The zero-order valence-corrected chi connectivity index (χ0v) is 60.0. The Morgan fingerprint density at radius 1 is 0.307 bits per heavy atom. The second-order valence-electron chi connectivity index (χ2n) is 28.1. The molecule has 0 aliphatic heterocycles. The van der Waals surface area contributed by atoms with E-state index in [1.165, 1.54) is 392 Å². The molecule has 0 radical (unpaired) electrons. The predicted octanol–water partition coefficient (Wildman–Crippen LogP) is 26.8. The third-order valence-corrected chi connectivity index (χ3v) is 19.2. The van der Waals surface area contributed by atoms with Crippen LogP contribution in [0.4, 0.5) is 0 Å². The molecule has 3 N–H and O–H groups in total. The average molecular weight is 1240 g/mol. The van der Waals surface area contributed by atoms with Gasteiger partial charge in [0.05, 0.1) is 25.4 Å². The van der Waals surface area contributed by atoms with Gasteiger partial charge in [0.2, 0.25) is 5.91 Å². The van der Waals surface area contributed by atoms with E-state index in [0.717, 1.165) is 44.9 Å². The summed E-state index contributed by atoms with van der Waals surface area (Å²) in [5, 5.41) is 23.3. The first-order valence-corrected chi connectivity index (χ1v) is 40.6. The van der Waals surface area contributed by atoms with Crippen molar-refractivity contribution in [2.45, 2.75) is 475 Å². The standard InChI is InChI=1S/C82H159NO5/c1-3-5-7-9-11-13-15-17-18-19-20-42-45-48-51-54-58-62-66-70-74-80(85)79(78-84)83-81(86)75-71-67-63-59-55-52-49-46-43-40-38-36-34-32-30-28-26-24-22-21-23-25-27-29-31-33-35-37-39-41-44-47-50-53-57-61-65-69-73-77-88-82(87)76-72-68-64-60-56-16-14-12-10-8-6-4-2/h12,14,70,74,79-80,84-85H,3-11,13,15-69,71-73,75-78H2,1-2H3,(H,83,86)/b14-12-,74-70+. The van der Waals surface area contributed by atoms with Crippen LogP contribution >= 0.6 is 0 Å². The number of nitrogens with one attached hydrogen (secondary N) is 1. The lowest BCUT2D eigenvalue weighted by Gasteiger charge is -2.20. The van der Waals surface area contributed by atoms with Gasteiger partial charge in [0.1, 0.15) is 0 Å². The summed E-state index contributed by atoms with van der Waals surface area (Å²) in [5.74, 6) is -0.0426. The molecular formula is C82H159NO5. The normalized spacial score (nSPS) is 12.5. The smallest absolute Gasteiger partial charge is 0.305 e. The Kier molecular flexibility index (Phi) is 76.3. The predicted molar refractivity (Wildman–Crippen MR) is 389 cm³/mol. The van der Waals surface area contributed by atoms with Gasteiger partial charge in [-0.15, -0.1) is 0 Å². The Hall–Kier alpha value is -1.66. The van der Waals surface area contributed by atoms with Gasteiger partial charge in [0, 0.05) is 12.8 Å². The molecule has 0 bridgehead atoms. The summed E-state index contributed by atoms with van der Waals surface area (Å²) >= 11 is 0. The van der Waals surface area contributed by atoms with Crippen LogP contribution in [0.2, 0.25) is 0 Å². The zero-order chi connectivity index (χ0) is 63.5. The molecule has 0 saturated heterocycles. The number of carbonyl (C=O) groups is 2. The van der Waals surface area contributed by atoms with Crippen molar-refractivity contribution >= 4 is 11.9 Å². The van der Waals surface area contributed by atoms with Crippen molar-refractivity contribution in [1.29, 1.82) is 0 Å². The minimum absolute atomic E-state index is 0.0145. The van der Waals surface area contributed by atoms with Crippen molar-refractivity contribution in [2.75, 3.05) is 13.2 Å². The third kappa shape index (κ3) is 73.4. The molecule has 1 amide bonds. The van der Waals surface area contributed by atoms with Gasteiger partial charge in [-0.05, 0) is 57.8 Å². The Morgan fingerprint density at radius 3 is 0.830 bits per heavy atom. The molecule has 0 aromatic heterocycles. The number of ether oxygens (including phenoxy) is 1. The van der Waals surface area contributed by atoms with Gasteiger partial charge in [-0.25, -0.2) is 0 Å². The second-order valence-corrected chi connectivity index (χ2v) is 28.1. The van der Waals surface area contributed by atoms with Gasteiger partial charge in [0.25, 0.3) is 0 Å². The van der Waals surface area contributed by atoms with Crippen LogP contribution in [0.1, 0.15) is 463 Å². The number of hydrogen-bond acceptors (Lipinski definition) is 5.